The largest absolute Gasteiger partial charge is 0.435 e. The van der Waals surface area contributed by atoms with E-state index in [4.69, 9.17) is 11.6 Å². The monoisotopic (exact) mass is 224 g/mol. The van der Waals surface area contributed by atoms with E-state index in [1.165, 1.54) is 13.2 Å². The van der Waals surface area contributed by atoms with E-state index in [1.54, 1.807) is 0 Å². The van der Waals surface area contributed by atoms with E-state index >= 15 is 0 Å². The summed E-state index contributed by atoms with van der Waals surface area (Å²) in [5, 5.41) is 3.32. The lowest BCUT2D eigenvalue weighted by molar-refractivity contribution is -0.141. The normalized spacial score (nSPS) is 11.8. The first-order valence-electron chi connectivity index (χ1n) is 3.71. The quantitative estimate of drug-likeness (QED) is 0.707. The third kappa shape index (κ3) is 2.09. The van der Waals surface area contributed by atoms with Gasteiger partial charge in [0.25, 0.3) is 0 Å². The Labute approximate surface area is 84.0 Å². The molecule has 0 fully saturated rings. The molecule has 0 bridgehead atoms. The fourth-order valence-corrected chi connectivity index (χ4v) is 1.17. The van der Waals surface area contributed by atoms with Gasteiger partial charge in [-0.05, 0) is 5.57 Å². The van der Waals surface area contributed by atoms with Gasteiger partial charge in [0, 0.05) is 24.7 Å². The topological polar surface area (TPSA) is 17.8 Å². The van der Waals surface area contributed by atoms with Crippen LogP contribution in [0.5, 0.6) is 0 Å². The van der Waals surface area contributed by atoms with E-state index in [0.717, 1.165) is 4.68 Å². The van der Waals surface area contributed by atoms with Crippen molar-refractivity contribution >= 4 is 17.2 Å². The van der Waals surface area contributed by atoms with Crippen molar-refractivity contribution in [3.05, 3.63) is 24.0 Å². The Kier molecular flexibility index (Phi) is 2.89. The highest BCUT2D eigenvalue weighted by Crippen LogP contribution is 2.33. The minimum atomic E-state index is -4.47. The van der Waals surface area contributed by atoms with E-state index in [0.29, 0.717) is 0 Å². The van der Waals surface area contributed by atoms with Crippen LogP contribution >= 0.6 is 11.6 Å². The molecule has 78 valence electrons. The lowest BCUT2D eigenvalue weighted by Crippen LogP contribution is -2.09. The van der Waals surface area contributed by atoms with Crippen molar-refractivity contribution in [2.24, 2.45) is 7.05 Å². The molecular weight excluding hydrogens is 217 g/mol. The second-order valence-corrected chi connectivity index (χ2v) is 3.07. The minimum Gasteiger partial charge on any atom is -0.275 e. The van der Waals surface area contributed by atoms with Crippen molar-refractivity contribution in [3.8, 4) is 0 Å². The van der Waals surface area contributed by atoms with Gasteiger partial charge in [0.15, 0.2) is 5.69 Å². The van der Waals surface area contributed by atoms with Gasteiger partial charge in [0.2, 0.25) is 0 Å². The van der Waals surface area contributed by atoms with Crippen LogP contribution < -0.4 is 0 Å². The maximum Gasteiger partial charge on any atom is 0.435 e. The summed E-state index contributed by atoms with van der Waals surface area (Å²) in [6, 6.07) is 0. The summed E-state index contributed by atoms with van der Waals surface area (Å²) in [4.78, 5) is 0. The maximum absolute atomic E-state index is 12.4. The van der Waals surface area contributed by atoms with E-state index in [-0.39, 0.29) is 17.0 Å². The van der Waals surface area contributed by atoms with Gasteiger partial charge in [-0.1, -0.05) is 6.58 Å². The number of hydrogen-bond donors (Lipinski definition) is 0. The van der Waals surface area contributed by atoms with Gasteiger partial charge in [0.1, 0.15) is 0 Å². The zero-order valence-electron chi connectivity index (χ0n) is 7.40. The summed E-state index contributed by atoms with van der Waals surface area (Å²) in [6.07, 6.45) is -3.21. The molecule has 0 saturated carbocycles. The van der Waals surface area contributed by atoms with E-state index in [9.17, 15) is 13.2 Å². The molecule has 0 saturated heterocycles. The molecule has 0 atom stereocenters. The SMILES string of the molecule is C=C(CCl)c1cn(C)nc1C(F)(F)F. The second kappa shape index (κ2) is 3.65. The van der Waals surface area contributed by atoms with Crippen molar-refractivity contribution in [2.45, 2.75) is 6.18 Å². The first-order chi connectivity index (χ1) is 6.36. The minimum absolute atomic E-state index is 0.0463. The van der Waals surface area contributed by atoms with E-state index < -0.39 is 11.9 Å². The Hall–Kier alpha value is -0.970. The smallest absolute Gasteiger partial charge is 0.275 e. The summed E-state index contributed by atoms with van der Waals surface area (Å²) in [5.74, 6) is -0.0469. The van der Waals surface area contributed by atoms with Crippen LogP contribution in [0.2, 0.25) is 0 Å². The Morgan fingerprint density at radius 2 is 2.21 bits per heavy atom. The van der Waals surface area contributed by atoms with Gasteiger partial charge in [-0.2, -0.15) is 18.3 Å². The molecule has 0 amide bonds. The summed E-state index contributed by atoms with van der Waals surface area (Å²) < 4.78 is 38.3. The Balaban J connectivity index is 3.23. The molecule has 1 rings (SSSR count). The van der Waals surface area contributed by atoms with Crippen LogP contribution in [-0.2, 0) is 13.2 Å². The number of hydrogen-bond acceptors (Lipinski definition) is 1. The van der Waals surface area contributed by atoms with Gasteiger partial charge in [-0.15, -0.1) is 11.6 Å². The number of aryl methyl sites for hydroxylation is 1. The third-order valence-corrected chi connectivity index (χ3v) is 1.96. The molecule has 0 spiro atoms. The number of nitrogens with zero attached hydrogens (tertiary/aromatic N) is 2. The molecule has 1 heterocycles. The van der Waals surface area contributed by atoms with Crippen LogP contribution in [0.1, 0.15) is 11.3 Å². The van der Waals surface area contributed by atoms with Crippen molar-refractivity contribution in [3.63, 3.8) is 0 Å². The van der Waals surface area contributed by atoms with E-state index in [2.05, 4.69) is 11.7 Å². The molecule has 1 aromatic heterocycles. The van der Waals surface area contributed by atoms with Crippen LogP contribution in [0.25, 0.3) is 5.57 Å². The number of alkyl halides is 4. The molecule has 0 unspecified atom stereocenters. The molecular formula is C8H8ClF3N2. The molecule has 1 aromatic rings. The second-order valence-electron chi connectivity index (χ2n) is 2.80. The Morgan fingerprint density at radius 3 is 2.64 bits per heavy atom. The fraction of sp³-hybridized carbons (Fsp3) is 0.375. The number of aromatic nitrogens is 2. The van der Waals surface area contributed by atoms with Crippen LogP contribution in [0.15, 0.2) is 12.8 Å². The molecule has 0 aliphatic rings. The molecule has 2 nitrogen and oxygen atoms in total. The van der Waals surface area contributed by atoms with Crippen LogP contribution in [0.4, 0.5) is 13.2 Å². The predicted octanol–water partition coefficient (Wildman–Crippen LogP) is 2.69. The molecule has 0 aromatic carbocycles. The van der Waals surface area contributed by atoms with Crippen molar-refractivity contribution in [1.29, 1.82) is 0 Å². The lowest BCUT2D eigenvalue weighted by atomic mass is 10.1. The number of halogens is 4. The molecule has 0 radical (unpaired) electrons. The standard InChI is InChI=1S/C8H8ClF3N2/c1-5(3-9)6-4-14(2)13-7(6)8(10,11)12/h4H,1,3H2,2H3. The predicted molar refractivity (Wildman–Crippen MR) is 48.0 cm³/mol. The molecule has 6 heteroatoms. The Bertz CT molecular complexity index is 354. The van der Waals surface area contributed by atoms with Crippen LogP contribution in [-0.4, -0.2) is 15.7 Å². The third-order valence-electron chi connectivity index (χ3n) is 1.64. The molecule has 0 N–H and O–H groups in total. The first kappa shape index (κ1) is 11.1. The number of rotatable bonds is 2. The van der Waals surface area contributed by atoms with Gasteiger partial charge in [-0.25, -0.2) is 0 Å². The molecule has 14 heavy (non-hydrogen) atoms. The summed E-state index contributed by atoms with van der Waals surface area (Å²) >= 11 is 5.41. The average Bonchev–Trinajstić information content (AvgIpc) is 2.45. The van der Waals surface area contributed by atoms with E-state index in [1.807, 2.05) is 0 Å². The van der Waals surface area contributed by atoms with Gasteiger partial charge < -0.3 is 0 Å². The highest BCUT2D eigenvalue weighted by Gasteiger charge is 2.37. The molecule has 0 aliphatic heterocycles. The van der Waals surface area contributed by atoms with Crippen molar-refractivity contribution < 1.29 is 13.2 Å². The van der Waals surface area contributed by atoms with Gasteiger partial charge >= 0.3 is 6.18 Å². The fourth-order valence-electron chi connectivity index (χ4n) is 1.03. The van der Waals surface area contributed by atoms with Gasteiger partial charge in [0.05, 0.1) is 0 Å². The van der Waals surface area contributed by atoms with Crippen molar-refractivity contribution in [1.82, 2.24) is 9.78 Å². The summed E-state index contributed by atoms with van der Waals surface area (Å²) in [7, 11) is 1.42. The van der Waals surface area contributed by atoms with Crippen LogP contribution in [0.3, 0.4) is 0 Å². The highest BCUT2D eigenvalue weighted by molar-refractivity contribution is 6.23. The van der Waals surface area contributed by atoms with Crippen LogP contribution in [0, 0.1) is 0 Å². The summed E-state index contributed by atoms with van der Waals surface area (Å²) in [5.41, 5.74) is -0.771. The summed E-state index contributed by atoms with van der Waals surface area (Å²) in [6.45, 7) is 3.45. The lowest BCUT2D eigenvalue weighted by Gasteiger charge is -2.05. The first-order valence-corrected chi connectivity index (χ1v) is 4.24. The zero-order chi connectivity index (χ0) is 10.9. The average molecular weight is 225 g/mol. The number of allylic oxidation sites excluding steroid dienone is 1. The Morgan fingerprint density at radius 1 is 1.64 bits per heavy atom. The van der Waals surface area contributed by atoms with Crippen molar-refractivity contribution in [2.75, 3.05) is 5.88 Å². The maximum atomic E-state index is 12.4. The van der Waals surface area contributed by atoms with Gasteiger partial charge in [-0.3, -0.25) is 4.68 Å². The zero-order valence-corrected chi connectivity index (χ0v) is 8.15. The highest BCUT2D eigenvalue weighted by atomic mass is 35.5. The molecule has 0 aliphatic carbocycles.